The number of benzene rings is 3. The molecule has 4 nitrogen and oxygen atoms in total. The molecule has 0 N–H and O–H groups in total. The molecule has 0 bridgehead atoms. The Kier molecular flexibility index (Phi) is 4.79. The van der Waals surface area contributed by atoms with Crippen LogP contribution < -0.4 is 9.80 Å². The highest BCUT2D eigenvalue weighted by atomic mass is 35.5. The molecule has 1 unspecified atom stereocenters. The highest BCUT2D eigenvalue weighted by Crippen LogP contribution is 2.56. The van der Waals surface area contributed by atoms with Crippen LogP contribution >= 0.6 is 23.4 Å². The van der Waals surface area contributed by atoms with E-state index in [-0.39, 0.29) is 22.6 Å². The van der Waals surface area contributed by atoms with Crippen molar-refractivity contribution >= 4 is 46.6 Å². The number of anilines is 2. The number of thioether (sulfide) groups is 1. The van der Waals surface area contributed by atoms with E-state index < -0.39 is 10.7 Å². The lowest BCUT2D eigenvalue weighted by molar-refractivity contribution is -0.123. The Hall–Kier alpha value is -2.83. The number of amides is 2. The summed E-state index contributed by atoms with van der Waals surface area (Å²) in [6, 6.07) is 19.7. The SMILES string of the molecule is Cc1ccc(CN2C(=O)C3(SCC(=O)N3c3ccc(F)c(Cl)c3)c3ccccc32)cc1. The summed E-state index contributed by atoms with van der Waals surface area (Å²) in [5.41, 5.74) is 4.07. The molecule has 0 aromatic heterocycles. The molecule has 156 valence electrons. The lowest BCUT2D eigenvalue weighted by Crippen LogP contribution is -2.49. The van der Waals surface area contributed by atoms with Gasteiger partial charge in [0.05, 0.1) is 23.0 Å². The molecule has 0 radical (unpaired) electrons. The average Bonchev–Trinajstić information content (AvgIpc) is 3.23. The standard InChI is InChI=1S/C24H18ClFN2O2S/c1-15-6-8-16(9-7-15)13-27-21-5-3-2-4-18(21)24(23(27)30)28(22(29)14-31-24)17-10-11-20(26)19(25)12-17/h2-12H,13-14H2,1H3. The van der Waals surface area contributed by atoms with Crippen LogP contribution in [0.3, 0.4) is 0 Å². The van der Waals surface area contributed by atoms with E-state index in [2.05, 4.69) is 0 Å². The molecule has 2 aliphatic rings. The molecule has 5 rings (SSSR count). The number of hydrogen-bond donors (Lipinski definition) is 0. The maximum absolute atomic E-state index is 13.9. The fourth-order valence-electron chi connectivity index (χ4n) is 4.21. The third-order valence-electron chi connectivity index (χ3n) is 5.69. The third kappa shape index (κ3) is 3.05. The number of para-hydroxylation sites is 1. The van der Waals surface area contributed by atoms with Crippen molar-refractivity contribution in [1.29, 1.82) is 0 Å². The normalized spacial score (nSPS) is 20.1. The van der Waals surface area contributed by atoms with Crippen molar-refractivity contribution in [1.82, 2.24) is 0 Å². The zero-order valence-electron chi connectivity index (χ0n) is 16.6. The van der Waals surface area contributed by atoms with Gasteiger partial charge in [0, 0.05) is 11.3 Å². The van der Waals surface area contributed by atoms with Gasteiger partial charge in [0.2, 0.25) is 10.8 Å². The second kappa shape index (κ2) is 7.39. The molecule has 2 amide bonds. The fourth-order valence-corrected chi connectivity index (χ4v) is 5.75. The van der Waals surface area contributed by atoms with E-state index in [9.17, 15) is 14.0 Å². The first-order valence-electron chi connectivity index (χ1n) is 9.81. The van der Waals surface area contributed by atoms with Crippen LogP contribution in [-0.4, -0.2) is 17.6 Å². The number of halogens is 2. The summed E-state index contributed by atoms with van der Waals surface area (Å²) in [6.45, 7) is 2.41. The number of aryl methyl sites for hydroxylation is 1. The Morgan fingerprint density at radius 3 is 2.55 bits per heavy atom. The molecule has 31 heavy (non-hydrogen) atoms. The highest BCUT2D eigenvalue weighted by molar-refractivity contribution is 8.02. The first-order valence-corrected chi connectivity index (χ1v) is 11.2. The van der Waals surface area contributed by atoms with Crippen molar-refractivity contribution in [3.05, 3.63) is 94.3 Å². The molecule has 3 aromatic rings. The third-order valence-corrected chi connectivity index (χ3v) is 7.36. The predicted molar refractivity (Wildman–Crippen MR) is 122 cm³/mol. The van der Waals surface area contributed by atoms with Crippen LogP contribution in [0, 0.1) is 12.7 Å². The topological polar surface area (TPSA) is 40.6 Å². The number of carbonyl (C=O) groups is 2. The van der Waals surface area contributed by atoms with Gasteiger partial charge in [-0.1, -0.05) is 59.6 Å². The van der Waals surface area contributed by atoms with Gasteiger partial charge < -0.3 is 4.90 Å². The van der Waals surface area contributed by atoms with Crippen molar-refractivity contribution < 1.29 is 14.0 Å². The molecule has 2 aliphatic heterocycles. The van der Waals surface area contributed by atoms with E-state index in [1.807, 2.05) is 55.5 Å². The maximum Gasteiger partial charge on any atom is 0.269 e. The number of hydrogen-bond acceptors (Lipinski definition) is 3. The number of rotatable bonds is 3. The minimum Gasteiger partial charge on any atom is -0.304 e. The van der Waals surface area contributed by atoms with E-state index >= 15 is 0 Å². The van der Waals surface area contributed by atoms with Crippen LogP contribution in [0.4, 0.5) is 15.8 Å². The Morgan fingerprint density at radius 1 is 1.06 bits per heavy atom. The zero-order chi connectivity index (χ0) is 21.8. The Bertz CT molecular complexity index is 1220. The van der Waals surface area contributed by atoms with Crippen LogP contribution in [0.1, 0.15) is 16.7 Å². The van der Waals surface area contributed by atoms with Crippen LogP contribution in [-0.2, 0) is 21.0 Å². The summed E-state index contributed by atoms with van der Waals surface area (Å²) in [5, 5.41) is -0.0902. The first-order chi connectivity index (χ1) is 14.9. The smallest absolute Gasteiger partial charge is 0.269 e. The molecular formula is C24H18ClFN2O2S. The Labute approximate surface area is 188 Å². The Balaban J connectivity index is 1.63. The lowest BCUT2D eigenvalue weighted by Gasteiger charge is -2.33. The molecule has 1 fully saturated rings. The minimum absolute atomic E-state index is 0.0902. The summed E-state index contributed by atoms with van der Waals surface area (Å²) in [5.74, 6) is -0.829. The summed E-state index contributed by atoms with van der Waals surface area (Å²) in [6.07, 6.45) is 0. The maximum atomic E-state index is 13.9. The van der Waals surface area contributed by atoms with Crippen LogP contribution in [0.2, 0.25) is 5.02 Å². The van der Waals surface area contributed by atoms with Gasteiger partial charge >= 0.3 is 0 Å². The second-order valence-corrected chi connectivity index (χ2v) is 9.23. The van der Waals surface area contributed by atoms with Gasteiger partial charge in [0.15, 0.2) is 0 Å². The fraction of sp³-hybridized carbons (Fsp3) is 0.167. The van der Waals surface area contributed by atoms with Crippen LogP contribution in [0.25, 0.3) is 0 Å². The summed E-state index contributed by atoms with van der Waals surface area (Å²) in [4.78, 5) is 28.9. The minimum atomic E-state index is -1.24. The second-order valence-electron chi connectivity index (χ2n) is 7.65. The van der Waals surface area contributed by atoms with Gasteiger partial charge in [-0.15, -0.1) is 11.8 Å². The quantitative estimate of drug-likeness (QED) is 0.543. The van der Waals surface area contributed by atoms with Gasteiger partial charge in [-0.05, 0) is 36.8 Å². The van der Waals surface area contributed by atoms with E-state index in [1.54, 1.807) is 4.90 Å². The highest BCUT2D eigenvalue weighted by Gasteiger charge is 2.60. The lowest BCUT2D eigenvalue weighted by atomic mass is 10.0. The summed E-state index contributed by atoms with van der Waals surface area (Å²) < 4.78 is 13.8. The van der Waals surface area contributed by atoms with Crippen LogP contribution in [0.5, 0.6) is 0 Å². The monoisotopic (exact) mass is 452 g/mol. The van der Waals surface area contributed by atoms with Crippen molar-refractivity contribution in [2.45, 2.75) is 18.3 Å². The van der Waals surface area contributed by atoms with E-state index in [1.165, 1.54) is 34.9 Å². The van der Waals surface area contributed by atoms with Crippen molar-refractivity contribution in [2.24, 2.45) is 0 Å². The molecule has 1 saturated heterocycles. The van der Waals surface area contributed by atoms with Gasteiger partial charge in [-0.2, -0.15) is 0 Å². The average molecular weight is 453 g/mol. The summed E-state index contributed by atoms with van der Waals surface area (Å²) >= 11 is 7.29. The van der Waals surface area contributed by atoms with Gasteiger partial charge in [0.25, 0.3) is 5.91 Å². The molecule has 3 aromatic carbocycles. The van der Waals surface area contributed by atoms with Gasteiger partial charge in [0.1, 0.15) is 5.82 Å². The molecule has 0 aliphatic carbocycles. The zero-order valence-corrected chi connectivity index (χ0v) is 18.2. The molecule has 2 heterocycles. The number of nitrogens with zero attached hydrogens (tertiary/aromatic N) is 2. The van der Waals surface area contributed by atoms with Crippen molar-refractivity contribution in [3.8, 4) is 0 Å². The number of carbonyl (C=O) groups excluding carboxylic acids is 2. The molecular weight excluding hydrogens is 435 g/mol. The molecule has 0 saturated carbocycles. The van der Waals surface area contributed by atoms with Gasteiger partial charge in [-0.25, -0.2) is 4.39 Å². The number of fused-ring (bicyclic) bond motifs is 2. The molecule has 7 heteroatoms. The Morgan fingerprint density at radius 2 is 1.81 bits per heavy atom. The van der Waals surface area contributed by atoms with Crippen molar-refractivity contribution in [2.75, 3.05) is 15.6 Å². The van der Waals surface area contributed by atoms with Crippen molar-refractivity contribution in [3.63, 3.8) is 0 Å². The van der Waals surface area contributed by atoms with Gasteiger partial charge in [-0.3, -0.25) is 14.5 Å². The van der Waals surface area contributed by atoms with Crippen LogP contribution in [0.15, 0.2) is 66.7 Å². The largest absolute Gasteiger partial charge is 0.304 e. The van der Waals surface area contributed by atoms with E-state index in [4.69, 9.17) is 11.6 Å². The van der Waals surface area contributed by atoms with E-state index in [0.717, 1.165) is 22.4 Å². The summed E-state index contributed by atoms with van der Waals surface area (Å²) in [7, 11) is 0. The predicted octanol–water partition coefficient (Wildman–Crippen LogP) is 5.27. The van der Waals surface area contributed by atoms with E-state index in [0.29, 0.717) is 12.2 Å². The molecule has 1 spiro atoms. The molecule has 1 atom stereocenters. The first kappa shape index (κ1) is 20.1.